The van der Waals surface area contributed by atoms with Gasteiger partial charge in [0.05, 0.1) is 11.1 Å². The van der Waals surface area contributed by atoms with E-state index in [1.807, 2.05) is 10.9 Å². The van der Waals surface area contributed by atoms with Crippen LogP contribution in [0.2, 0.25) is 0 Å². The number of carbonyl (C=O) groups excluding carboxylic acids is 2. The van der Waals surface area contributed by atoms with Gasteiger partial charge in [-0.05, 0) is 6.07 Å². The minimum atomic E-state index is -0.609. The van der Waals surface area contributed by atoms with Crippen molar-refractivity contribution in [3.63, 3.8) is 0 Å². The molecule has 7 N–H and O–H groups in total. The lowest BCUT2D eigenvalue weighted by molar-refractivity contribution is 0.0939. The number of pyridine rings is 1. The van der Waals surface area contributed by atoms with E-state index >= 15 is 0 Å². The van der Waals surface area contributed by atoms with E-state index in [1.165, 1.54) is 12.3 Å². The molecule has 17 heavy (non-hydrogen) atoms. The first-order chi connectivity index (χ1) is 8.17. The van der Waals surface area contributed by atoms with Gasteiger partial charge in [0, 0.05) is 6.20 Å². The zero-order chi connectivity index (χ0) is 12.4. The first kappa shape index (κ1) is 11.0. The smallest absolute Gasteiger partial charge is 0.301 e. The number of hydrogen-bond donors (Lipinski definition) is 5. The Hall–Kier alpha value is -2.52. The van der Waals surface area contributed by atoms with Crippen LogP contribution in [0.3, 0.4) is 0 Å². The predicted octanol–water partition coefficient (Wildman–Crippen LogP) is -1.84. The summed E-state index contributed by atoms with van der Waals surface area (Å²) >= 11 is 0. The second-order valence-corrected chi connectivity index (χ2v) is 3.09. The summed E-state index contributed by atoms with van der Waals surface area (Å²) in [5.41, 5.74) is 4.68. The summed E-state index contributed by atoms with van der Waals surface area (Å²) in [5, 5.41) is 0. The number of amides is 2. The van der Waals surface area contributed by atoms with Crippen molar-refractivity contribution in [2.24, 2.45) is 11.7 Å². The number of aromatic amines is 1. The lowest BCUT2D eigenvalue weighted by atomic mass is 10.2. The molecule has 0 fully saturated rings. The molecule has 2 aromatic rings. The SMILES string of the molecule is NNC(=O)c1nc2nccc(C(=O)NN)c2[nH]1. The quantitative estimate of drug-likeness (QED) is 0.234. The maximum atomic E-state index is 11.4. The van der Waals surface area contributed by atoms with Crippen LogP contribution in [0.25, 0.3) is 11.2 Å². The molecule has 0 aromatic carbocycles. The third-order valence-electron chi connectivity index (χ3n) is 2.11. The summed E-state index contributed by atoms with van der Waals surface area (Å²) in [6.07, 6.45) is 1.39. The van der Waals surface area contributed by atoms with Crippen molar-refractivity contribution in [2.75, 3.05) is 0 Å². The molecule has 2 amide bonds. The molecule has 0 radical (unpaired) electrons. The molecule has 9 heteroatoms. The molecule has 88 valence electrons. The van der Waals surface area contributed by atoms with Crippen LogP contribution in [0, 0.1) is 0 Å². The highest BCUT2D eigenvalue weighted by Gasteiger charge is 2.16. The van der Waals surface area contributed by atoms with Gasteiger partial charge in [-0.2, -0.15) is 0 Å². The van der Waals surface area contributed by atoms with E-state index in [-0.39, 0.29) is 17.0 Å². The van der Waals surface area contributed by atoms with Crippen molar-refractivity contribution in [3.05, 3.63) is 23.7 Å². The normalized spacial score (nSPS) is 10.2. The topological polar surface area (TPSA) is 152 Å². The number of nitrogens with zero attached hydrogens (tertiary/aromatic N) is 2. The number of hydrogen-bond acceptors (Lipinski definition) is 6. The van der Waals surface area contributed by atoms with Crippen LogP contribution in [0.4, 0.5) is 0 Å². The fraction of sp³-hybridized carbons (Fsp3) is 0. The third-order valence-corrected chi connectivity index (χ3v) is 2.11. The van der Waals surface area contributed by atoms with E-state index in [2.05, 4.69) is 15.0 Å². The van der Waals surface area contributed by atoms with E-state index in [1.54, 1.807) is 0 Å². The minimum Gasteiger partial charge on any atom is -0.332 e. The number of hydrazine groups is 2. The average Bonchev–Trinajstić information content (AvgIpc) is 2.80. The predicted molar refractivity (Wildman–Crippen MR) is 57.2 cm³/mol. The van der Waals surface area contributed by atoms with Crippen LogP contribution in [-0.2, 0) is 0 Å². The van der Waals surface area contributed by atoms with Gasteiger partial charge in [0.2, 0.25) is 0 Å². The molecule has 2 rings (SSSR count). The van der Waals surface area contributed by atoms with Crippen LogP contribution < -0.4 is 22.5 Å². The van der Waals surface area contributed by atoms with E-state index in [9.17, 15) is 9.59 Å². The Labute approximate surface area is 94.5 Å². The Balaban J connectivity index is 2.60. The number of fused-ring (bicyclic) bond motifs is 1. The molecule has 0 unspecified atom stereocenters. The Morgan fingerprint density at radius 1 is 1.24 bits per heavy atom. The number of nitrogens with two attached hydrogens (primary N) is 2. The van der Waals surface area contributed by atoms with Crippen LogP contribution in [0.1, 0.15) is 21.0 Å². The number of rotatable bonds is 2. The highest BCUT2D eigenvalue weighted by molar-refractivity contribution is 6.05. The molecule has 0 aliphatic carbocycles. The number of carbonyl (C=O) groups is 2. The van der Waals surface area contributed by atoms with E-state index in [0.717, 1.165) is 0 Å². The number of imidazole rings is 1. The maximum absolute atomic E-state index is 11.4. The molecular weight excluding hydrogens is 226 g/mol. The van der Waals surface area contributed by atoms with Crippen molar-refractivity contribution in [1.29, 1.82) is 0 Å². The highest BCUT2D eigenvalue weighted by atomic mass is 16.2. The number of nitrogens with one attached hydrogen (secondary N) is 3. The lowest BCUT2D eigenvalue weighted by Crippen LogP contribution is -2.31. The van der Waals surface area contributed by atoms with Gasteiger partial charge in [-0.3, -0.25) is 20.4 Å². The second kappa shape index (κ2) is 4.15. The zero-order valence-corrected chi connectivity index (χ0v) is 8.52. The molecule has 0 spiro atoms. The first-order valence-corrected chi connectivity index (χ1v) is 4.54. The molecule has 0 atom stereocenters. The standard InChI is InChI=1S/C8H9N7O2/c9-14-7(16)3-1-2-11-5-4(3)12-6(13-5)8(17)15-10/h1-2H,9-10H2,(H,14,16)(H,15,17)(H,11,12,13). The molecule has 0 bridgehead atoms. The molecule has 2 heterocycles. The maximum Gasteiger partial charge on any atom is 0.301 e. The summed E-state index contributed by atoms with van der Waals surface area (Å²) < 4.78 is 0. The van der Waals surface area contributed by atoms with Gasteiger partial charge in [0.15, 0.2) is 11.5 Å². The Kier molecular flexibility index (Phi) is 2.68. The molecule has 9 nitrogen and oxygen atoms in total. The van der Waals surface area contributed by atoms with Crippen molar-refractivity contribution in [1.82, 2.24) is 25.8 Å². The lowest BCUT2D eigenvalue weighted by Gasteiger charge is -1.99. The van der Waals surface area contributed by atoms with Crippen molar-refractivity contribution < 1.29 is 9.59 Å². The van der Waals surface area contributed by atoms with Crippen molar-refractivity contribution in [2.45, 2.75) is 0 Å². The highest BCUT2D eigenvalue weighted by Crippen LogP contribution is 2.13. The van der Waals surface area contributed by atoms with Gasteiger partial charge < -0.3 is 4.98 Å². The molecule has 0 saturated carbocycles. The van der Waals surface area contributed by atoms with Gasteiger partial charge in [-0.25, -0.2) is 21.7 Å². The summed E-state index contributed by atoms with van der Waals surface area (Å²) in [7, 11) is 0. The van der Waals surface area contributed by atoms with Gasteiger partial charge >= 0.3 is 5.91 Å². The average molecular weight is 235 g/mol. The number of H-pyrrole nitrogens is 1. The van der Waals surface area contributed by atoms with E-state index < -0.39 is 11.8 Å². The number of aromatic nitrogens is 3. The fourth-order valence-corrected chi connectivity index (χ4v) is 1.35. The Morgan fingerprint density at radius 2 is 1.94 bits per heavy atom. The molecular formula is C8H9N7O2. The fourth-order valence-electron chi connectivity index (χ4n) is 1.35. The summed E-state index contributed by atoms with van der Waals surface area (Å²) in [5.74, 6) is 8.85. The molecule has 2 aromatic heterocycles. The van der Waals surface area contributed by atoms with Gasteiger partial charge in [-0.1, -0.05) is 0 Å². The van der Waals surface area contributed by atoms with Gasteiger partial charge in [0.1, 0.15) is 0 Å². The van der Waals surface area contributed by atoms with Crippen LogP contribution in [0.15, 0.2) is 12.3 Å². The van der Waals surface area contributed by atoms with Crippen molar-refractivity contribution in [3.8, 4) is 0 Å². The summed E-state index contributed by atoms with van der Waals surface area (Å²) in [4.78, 5) is 33.1. The monoisotopic (exact) mass is 235 g/mol. The summed E-state index contributed by atoms with van der Waals surface area (Å²) in [6, 6.07) is 1.45. The van der Waals surface area contributed by atoms with Crippen LogP contribution >= 0.6 is 0 Å². The first-order valence-electron chi connectivity index (χ1n) is 4.54. The summed E-state index contributed by atoms with van der Waals surface area (Å²) in [6.45, 7) is 0. The molecule has 0 saturated heterocycles. The number of nitrogen functional groups attached to an aromatic ring is 2. The third kappa shape index (κ3) is 1.79. The van der Waals surface area contributed by atoms with Gasteiger partial charge in [-0.15, -0.1) is 0 Å². The zero-order valence-electron chi connectivity index (χ0n) is 8.52. The van der Waals surface area contributed by atoms with E-state index in [4.69, 9.17) is 11.7 Å². The second-order valence-electron chi connectivity index (χ2n) is 3.09. The largest absolute Gasteiger partial charge is 0.332 e. The minimum absolute atomic E-state index is 0.0349. The van der Waals surface area contributed by atoms with Crippen molar-refractivity contribution >= 4 is 23.0 Å². The molecule has 0 aliphatic heterocycles. The Morgan fingerprint density at radius 3 is 2.59 bits per heavy atom. The van der Waals surface area contributed by atoms with Crippen LogP contribution in [0.5, 0.6) is 0 Å². The van der Waals surface area contributed by atoms with E-state index in [0.29, 0.717) is 5.52 Å². The molecule has 0 aliphatic rings. The van der Waals surface area contributed by atoms with Crippen LogP contribution in [-0.4, -0.2) is 26.8 Å². The Bertz CT molecular complexity index is 591. The van der Waals surface area contributed by atoms with Gasteiger partial charge in [0.25, 0.3) is 5.91 Å².